The molecule has 9 rings (SSSR count). The van der Waals surface area contributed by atoms with Crippen molar-refractivity contribution >= 4 is 122 Å². The van der Waals surface area contributed by atoms with Crippen LogP contribution in [0.1, 0.15) is 135 Å². The highest BCUT2D eigenvalue weighted by Gasteiger charge is 2.42. The Morgan fingerprint density at radius 2 is 1.42 bits per heavy atom. The Bertz CT molecular complexity index is 4420. The normalized spacial score (nSPS) is 17.6. The molecule has 1 fully saturated rings. The van der Waals surface area contributed by atoms with E-state index in [1.54, 1.807) is 71.6 Å². The third kappa shape index (κ3) is 22.7. The Morgan fingerprint density at radius 3 is 2.16 bits per heavy atom. The minimum atomic E-state index is -1.71. The molecule has 34 heteroatoms. The van der Waals surface area contributed by atoms with Crippen LogP contribution < -0.4 is 79.1 Å². The number of aliphatic carboxylic acids is 1. The average Bonchev–Trinajstić information content (AvgIpc) is 1.65. The van der Waals surface area contributed by atoms with Gasteiger partial charge in [0.2, 0.25) is 47.3 Å². The smallest absolute Gasteiger partial charge is 0.349 e. The lowest BCUT2D eigenvalue weighted by molar-refractivity contribution is -0.141. The number of fused-ring (bicyclic) bond motifs is 7. The SMILES string of the molecule is CCN(CC)c1ccc2cc(C(=O)NCCCCCC(=O)NCCCCC(NC(=O)CSCC(=O)Oc3ccc4[nH]c5c(c4c3)CCN3C(=O)c4cc(F)ccc4N(C)C53)C(=O)NCCC[C@@H]3NC(=O)[C@H](Cc4ccccc4)NC(=O)[C@H](CC(=O)O)NC(=O)CNC(=O)[C@H](CCCNC(=N)N)NC3=O)c(=O)oc2c1. The number of carboxylic acids is 1. The van der Waals surface area contributed by atoms with Gasteiger partial charge in [-0.1, -0.05) is 36.8 Å². The van der Waals surface area contributed by atoms with Crippen LogP contribution in [-0.4, -0.2) is 193 Å². The number of ether oxygens (including phenoxy) is 1. The molecule has 10 amide bonds. The highest BCUT2D eigenvalue weighted by molar-refractivity contribution is 8.00. The van der Waals surface area contributed by atoms with E-state index in [-0.39, 0.29) is 117 Å². The molecule has 4 aromatic carbocycles. The van der Waals surface area contributed by atoms with Gasteiger partial charge in [0, 0.05) is 93.7 Å². The summed E-state index contributed by atoms with van der Waals surface area (Å²) in [6.45, 7) is 5.61. The first kappa shape index (κ1) is 81.5. The fourth-order valence-electron chi connectivity index (χ4n) is 13.3. The van der Waals surface area contributed by atoms with E-state index in [0.717, 1.165) is 52.7 Å². The lowest BCUT2D eigenvalue weighted by Gasteiger charge is -2.46. The second-order valence-corrected chi connectivity index (χ2v) is 27.7. The molecule has 582 valence electrons. The van der Waals surface area contributed by atoms with Gasteiger partial charge in [-0.2, -0.15) is 0 Å². The number of guanidine groups is 1. The van der Waals surface area contributed by atoms with Crippen molar-refractivity contribution in [3.8, 4) is 5.75 Å². The minimum absolute atomic E-state index is 0.0184. The van der Waals surface area contributed by atoms with E-state index in [4.69, 9.17) is 20.3 Å². The summed E-state index contributed by atoms with van der Waals surface area (Å²) in [5, 5.41) is 44.9. The van der Waals surface area contributed by atoms with Gasteiger partial charge in [0.1, 0.15) is 59.1 Å². The Balaban J connectivity index is 0.813. The van der Waals surface area contributed by atoms with Gasteiger partial charge < -0.3 is 92.8 Å². The number of carboxylic acid groups (broad SMARTS) is 1. The van der Waals surface area contributed by atoms with E-state index < -0.39 is 120 Å². The van der Waals surface area contributed by atoms with Gasteiger partial charge in [-0.25, -0.2) is 9.18 Å². The molecule has 2 unspecified atom stereocenters. The summed E-state index contributed by atoms with van der Waals surface area (Å²) in [5.41, 5.74) is 9.70. The van der Waals surface area contributed by atoms with Crippen molar-refractivity contribution in [2.75, 3.05) is 80.7 Å². The maximum Gasteiger partial charge on any atom is 0.349 e. The molecule has 15 N–H and O–H groups in total. The largest absolute Gasteiger partial charge is 0.481 e. The first-order valence-corrected chi connectivity index (χ1v) is 37.6. The maximum absolute atomic E-state index is 14.4. The van der Waals surface area contributed by atoms with Crippen LogP contribution in [0.4, 0.5) is 15.8 Å². The molecule has 2 aromatic heterocycles. The monoisotopic (exact) mass is 1520 g/mol. The Morgan fingerprint density at radius 1 is 0.734 bits per heavy atom. The number of carbonyl (C=O) groups excluding carboxylic acids is 11. The molecule has 1 saturated heterocycles. The number of hydrogen-bond donors (Lipinski definition) is 14. The zero-order valence-electron chi connectivity index (χ0n) is 60.9. The minimum Gasteiger partial charge on any atom is -0.481 e. The number of aromatic nitrogens is 1. The summed E-state index contributed by atoms with van der Waals surface area (Å²) >= 11 is 0.935. The molecule has 6 aromatic rings. The van der Waals surface area contributed by atoms with Crippen molar-refractivity contribution in [1.82, 2.24) is 63.1 Å². The molecular formula is C75H93FN16O16S. The summed E-state index contributed by atoms with van der Waals surface area (Å²) in [6, 6.07) is 17.5. The third-order valence-electron chi connectivity index (χ3n) is 18.9. The van der Waals surface area contributed by atoms with Gasteiger partial charge in [0.05, 0.1) is 41.4 Å². The van der Waals surface area contributed by atoms with Crippen LogP contribution in [-0.2, 0) is 60.8 Å². The molecular weight excluding hydrogens is 1430 g/mol. The van der Waals surface area contributed by atoms with Gasteiger partial charge in [-0.3, -0.25) is 62.9 Å². The van der Waals surface area contributed by atoms with Gasteiger partial charge in [-0.05, 0) is 144 Å². The zero-order chi connectivity index (χ0) is 78.3. The van der Waals surface area contributed by atoms with Gasteiger partial charge in [-0.15, -0.1) is 11.8 Å². The lowest BCUT2D eigenvalue weighted by atomic mass is 9.96. The van der Waals surface area contributed by atoms with Crippen molar-refractivity contribution in [2.45, 2.75) is 140 Å². The van der Waals surface area contributed by atoms with E-state index in [1.807, 2.05) is 31.9 Å². The quantitative estimate of drug-likeness (QED) is 0.00689. The Hall–Kier alpha value is -11.6. The number of anilines is 2. The van der Waals surface area contributed by atoms with Gasteiger partial charge in [0.25, 0.3) is 11.8 Å². The van der Waals surface area contributed by atoms with E-state index in [1.165, 1.54) is 18.2 Å². The number of unbranched alkanes of at least 4 members (excludes halogenated alkanes) is 3. The molecule has 109 heavy (non-hydrogen) atoms. The number of amides is 10. The highest BCUT2D eigenvalue weighted by atomic mass is 32.2. The van der Waals surface area contributed by atoms with Crippen molar-refractivity contribution in [1.29, 1.82) is 5.41 Å². The maximum atomic E-state index is 14.4. The topological polar surface area (TPSA) is 460 Å². The number of nitrogens with zero attached hydrogens (tertiary/aromatic N) is 3. The number of nitrogens with two attached hydrogens (primary N) is 1. The first-order chi connectivity index (χ1) is 52.4. The zero-order valence-corrected chi connectivity index (χ0v) is 61.7. The number of aromatic amines is 1. The van der Waals surface area contributed by atoms with Crippen molar-refractivity contribution < 1.29 is 76.2 Å². The summed E-state index contributed by atoms with van der Waals surface area (Å²) in [4.78, 5) is 184. The molecule has 0 aliphatic carbocycles. The average molecular weight is 1530 g/mol. The number of carbonyl (C=O) groups is 12. The van der Waals surface area contributed by atoms with Crippen LogP contribution in [0, 0.1) is 11.2 Å². The molecule has 32 nitrogen and oxygen atoms in total. The number of H-pyrrole nitrogens is 1. The third-order valence-corrected chi connectivity index (χ3v) is 19.8. The number of nitrogens with one attached hydrogen (secondary N) is 12. The number of rotatable bonds is 34. The molecule has 0 spiro atoms. The second-order valence-electron chi connectivity index (χ2n) is 26.7. The van der Waals surface area contributed by atoms with E-state index in [0.29, 0.717) is 67.3 Å². The molecule has 0 saturated carbocycles. The predicted octanol–water partition coefficient (Wildman–Crippen LogP) is 2.75. The number of hydrogen-bond acceptors (Lipinski definition) is 19. The van der Waals surface area contributed by atoms with Crippen LogP contribution in [0.3, 0.4) is 0 Å². The van der Waals surface area contributed by atoms with E-state index in [9.17, 15) is 71.8 Å². The summed E-state index contributed by atoms with van der Waals surface area (Å²) in [7, 11) is 1.83. The van der Waals surface area contributed by atoms with Crippen LogP contribution in [0.2, 0.25) is 0 Å². The van der Waals surface area contributed by atoms with Gasteiger partial charge in [0.15, 0.2) is 5.96 Å². The second kappa shape index (κ2) is 39.3. The molecule has 3 aliphatic rings. The van der Waals surface area contributed by atoms with Crippen molar-refractivity contribution in [3.05, 3.63) is 135 Å². The number of esters is 1. The lowest BCUT2D eigenvalue weighted by Crippen LogP contribution is -2.58. The summed E-state index contributed by atoms with van der Waals surface area (Å²) < 4.78 is 25.5. The summed E-state index contributed by atoms with van der Waals surface area (Å²) in [6.07, 6.45) is 1.34. The fraction of sp³-hybridized carbons (Fsp3) is 0.440. The van der Waals surface area contributed by atoms with E-state index >= 15 is 0 Å². The van der Waals surface area contributed by atoms with E-state index in [2.05, 4.69) is 63.1 Å². The predicted molar refractivity (Wildman–Crippen MR) is 404 cm³/mol. The van der Waals surface area contributed by atoms with Crippen LogP contribution >= 0.6 is 11.8 Å². The van der Waals surface area contributed by atoms with Crippen molar-refractivity contribution in [2.24, 2.45) is 5.73 Å². The fourth-order valence-corrected chi connectivity index (χ4v) is 13.9. The highest BCUT2D eigenvalue weighted by Crippen LogP contribution is 2.44. The molecule has 6 atom stereocenters. The Labute approximate surface area is 631 Å². The van der Waals surface area contributed by atoms with Crippen LogP contribution in [0.15, 0.2) is 100 Å². The standard InChI is InChI=1S/C75H93FN16O16S/c1-4-91(5-2)46-24-22-44-35-51(74(106)108-59(44)37-46)66(99)80-30-12-7-10-21-60(93)79-29-13-11-18-53(84-62(95)41-109-42-64(98)107-47-25-26-52-49(38-47)48-28-33-92-72(65(48)86-52)90(3)58-27-23-45(76)36-50(58)73(92)105)67(100)81-31-14-20-55-69(102)87-54(19-15-32-82-75(77)78)68(101)83-40-61(94)85-57(39-63(96)97)71(104)89-56(70(103)88-55)34-43-16-8-6-9-17-43/h6,8-9,16-17,22-27,35-38,53-57,72,86H,4-5,7,10-15,18-21,28-34,39-42H2,1-3H3,(H,79,93)(H,80,99)(H,81,100)(H,83,101)(H,84,95)(H,85,94)(H,87,102)(H,88,103)(H,89,104)(H,96,97)(H4,77,78,82)/t53?,54-,55-,56-,57-,72?/m0/s1. The number of benzene rings is 4. The van der Waals surface area contributed by atoms with Gasteiger partial charge >= 0.3 is 17.6 Å². The molecule has 0 radical (unpaired) electrons. The number of halogens is 1. The van der Waals surface area contributed by atoms with Crippen LogP contribution in [0.25, 0.3) is 21.9 Å². The molecule has 3 aliphatic heterocycles. The molecule has 0 bridgehead atoms. The molecule has 5 heterocycles. The van der Waals surface area contributed by atoms with Crippen LogP contribution in [0.5, 0.6) is 5.75 Å². The summed E-state index contributed by atoms with van der Waals surface area (Å²) in [5.74, 6) is -10.3. The Kier molecular flexibility index (Phi) is 29.4. The van der Waals surface area contributed by atoms with Crippen molar-refractivity contribution in [3.63, 3.8) is 0 Å². The number of thioether (sulfide) groups is 1. The first-order valence-electron chi connectivity index (χ1n) is 36.4.